The fourth-order valence-electron chi connectivity index (χ4n) is 3.56. The number of rotatable bonds is 0. The monoisotopic (exact) mass is 214 g/mol. The van der Waals surface area contributed by atoms with Crippen LogP contribution >= 0.6 is 0 Å². The van der Waals surface area contributed by atoms with Crippen LogP contribution in [-0.2, 0) is 5.41 Å². The summed E-state index contributed by atoms with van der Waals surface area (Å²) in [5.41, 5.74) is 2.71. The maximum Gasteiger partial charge on any atom is 0.163 e. The first-order chi connectivity index (χ1) is 7.82. The largest absolute Gasteiger partial charge is 0.294 e. The molecule has 84 valence electrons. The van der Waals surface area contributed by atoms with Crippen LogP contribution in [-0.4, -0.2) is 5.78 Å². The van der Waals surface area contributed by atoms with Crippen LogP contribution in [0.3, 0.4) is 0 Å². The van der Waals surface area contributed by atoms with Gasteiger partial charge >= 0.3 is 0 Å². The van der Waals surface area contributed by atoms with E-state index in [2.05, 4.69) is 12.1 Å². The predicted molar refractivity (Wildman–Crippen MR) is 64.8 cm³/mol. The van der Waals surface area contributed by atoms with Crippen LogP contribution in [0.25, 0.3) is 0 Å². The average Bonchev–Trinajstić information content (AvgIpc) is 2.36. The third-order valence-corrected chi connectivity index (χ3v) is 4.44. The highest BCUT2D eigenvalue weighted by Crippen LogP contribution is 2.47. The fourth-order valence-corrected chi connectivity index (χ4v) is 3.56. The molecule has 1 aromatic rings. The fraction of sp³-hybridized carbons (Fsp3) is 0.533. The smallest absolute Gasteiger partial charge is 0.163 e. The lowest BCUT2D eigenvalue weighted by atomic mass is 9.62. The van der Waals surface area contributed by atoms with Crippen molar-refractivity contribution in [2.75, 3.05) is 0 Å². The van der Waals surface area contributed by atoms with Crippen LogP contribution in [0, 0.1) is 0 Å². The topological polar surface area (TPSA) is 17.1 Å². The molecule has 2 aliphatic rings. The Morgan fingerprint density at radius 1 is 0.938 bits per heavy atom. The molecule has 0 aromatic heterocycles. The lowest BCUT2D eigenvalue weighted by molar-refractivity contribution is 0.0939. The Balaban J connectivity index is 2.09. The Bertz CT molecular complexity index is 413. The molecule has 1 heteroatoms. The second kappa shape index (κ2) is 3.73. The number of carbonyl (C=O) groups is 1. The maximum absolute atomic E-state index is 11.9. The van der Waals surface area contributed by atoms with Crippen molar-refractivity contribution in [2.24, 2.45) is 0 Å². The van der Waals surface area contributed by atoms with Gasteiger partial charge in [0, 0.05) is 12.0 Å². The molecule has 1 nitrogen and oxygen atoms in total. The normalized spacial score (nSPS) is 23.1. The van der Waals surface area contributed by atoms with E-state index in [0.717, 1.165) is 18.4 Å². The molecule has 1 fully saturated rings. The van der Waals surface area contributed by atoms with E-state index in [0.29, 0.717) is 11.2 Å². The van der Waals surface area contributed by atoms with Gasteiger partial charge in [-0.15, -0.1) is 0 Å². The first-order valence-corrected chi connectivity index (χ1v) is 6.45. The SMILES string of the molecule is O=C1CCC2(CCCCC2)c2ccccc21. The molecular formula is C15H18O. The molecule has 0 bridgehead atoms. The number of fused-ring (bicyclic) bond motifs is 2. The molecule has 0 saturated heterocycles. The van der Waals surface area contributed by atoms with Gasteiger partial charge in [0.1, 0.15) is 0 Å². The van der Waals surface area contributed by atoms with Crippen LogP contribution in [0.5, 0.6) is 0 Å². The van der Waals surface area contributed by atoms with Gasteiger partial charge in [-0.25, -0.2) is 0 Å². The Morgan fingerprint density at radius 3 is 2.50 bits per heavy atom. The average molecular weight is 214 g/mol. The van der Waals surface area contributed by atoms with Gasteiger partial charge in [0.05, 0.1) is 0 Å². The summed E-state index contributed by atoms with van der Waals surface area (Å²) in [5, 5.41) is 0. The summed E-state index contributed by atoms with van der Waals surface area (Å²) >= 11 is 0. The second-order valence-corrected chi connectivity index (χ2v) is 5.31. The van der Waals surface area contributed by atoms with E-state index in [9.17, 15) is 4.79 Å². The van der Waals surface area contributed by atoms with Gasteiger partial charge in [0.15, 0.2) is 5.78 Å². The minimum Gasteiger partial charge on any atom is -0.294 e. The molecule has 0 atom stereocenters. The first kappa shape index (κ1) is 10.1. The molecule has 0 amide bonds. The first-order valence-electron chi connectivity index (χ1n) is 6.45. The van der Waals surface area contributed by atoms with E-state index < -0.39 is 0 Å². The molecule has 1 aromatic carbocycles. The molecule has 3 rings (SSSR count). The second-order valence-electron chi connectivity index (χ2n) is 5.31. The van der Waals surface area contributed by atoms with Crippen molar-refractivity contribution in [1.82, 2.24) is 0 Å². The molecule has 16 heavy (non-hydrogen) atoms. The van der Waals surface area contributed by atoms with Crippen molar-refractivity contribution in [2.45, 2.75) is 50.4 Å². The Labute approximate surface area is 96.9 Å². The van der Waals surface area contributed by atoms with E-state index >= 15 is 0 Å². The van der Waals surface area contributed by atoms with Crippen LogP contribution in [0.1, 0.15) is 60.9 Å². The number of benzene rings is 1. The van der Waals surface area contributed by atoms with Crippen molar-refractivity contribution in [1.29, 1.82) is 0 Å². The Kier molecular flexibility index (Phi) is 2.34. The van der Waals surface area contributed by atoms with Gasteiger partial charge in [-0.05, 0) is 30.2 Å². The lowest BCUT2D eigenvalue weighted by Gasteiger charge is -2.41. The number of carbonyl (C=O) groups excluding carboxylic acids is 1. The number of Topliss-reactive ketones (excluding diaryl/α,β-unsaturated/α-hetero) is 1. The summed E-state index contributed by atoms with van der Waals surface area (Å²) in [5.74, 6) is 0.354. The number of ketones is 1. The van der Waals surface area contributed by atoms with Crippen molar-refractivity contribution in [3.05, 3.63) is 35.4 Å². The zero-order chi connectivity index (χ0) is 11.0. The molecule has 0 unspecified atom stereocenters. The molecule has 1 spiro atoms. The summed E-state index contributed by atoms with van der Waals surface area (Å²) in [4.78, 5) is 11.9. The molecular weight excluding hydrogens is 196 g/mol. The van der Waals surface area contributed by atoms with Gasteiger partial charge in [0.25, 0.3) is 0 Å². The van der Waals surface area contributed by atoms with Crippen molar-refractivity contribution < 1.29 is 4.79 Å². The zero-order valence-electron chi connectivity index (χ0n) is 9.67. The van der Waals surface area contributed by atoms with Gasteiger partial charge in [-0.3, -0.25) is 4.79 Å². The standard InChI is InChI=1S/C15H18O/c16-14-8-11-15(9-4-1-5-10-15)13-7-3-2-6-12(13)14/h2-3,6-7H,1,4-5,8-11H2. The zero-order valence-corrected chi connectivity index (χ0v) is 9.67. The summed E-state index contributed by atoms with van der Waals surface area (Å²) < 4.78 is 0. The van der Waals surface area contributed by atoms with E-state index in [-0.39, 0.29) is 0 Å². The summed E-state index contributed by atoms with van der Waals surface area (Å²) in [7, 11) is 0. The molecule has 2 aliphatic carbocycles. The highest BCUT2D eigenvalue weighted by molar-refractivity contribution is 5.99. The third kappa shape index (κ3) is 1.41. The van der Waals surface area contributed by atoms with Crippen LogP contribution in [0.4, 0.5) is 0 Å². The molecule has 0 heterocycles. The highest BCUT2D eigenvalue weighted by atomic mass is 16.1. The third-order valence-electron chi connectivity index (χ3n) is 4.44. The van der Waals surface area contributed by atoms with Crippen LogP contribution in [0.2, 0.25) is 0 Å². The van der Waals surface area contributed by atoms with Crippen molar-refractivity contribution in [3.63, 3.8) is 0 Å². The Hall–Kier alpha value is -1.11. The number of hydrogen-bond acceptors (Lipinski definition) is 1. The lowest BCUT2D eigenvalue weighted by Crippen LogP contribution is -2.35. The minimum atomic E-state index is 0.350. The van der Waals surface area contributed by atoms with Gasteiger partial charge in [-0.1, -0.05) is 43.5 Å². The van der Waals surface area contributed by atoms with Crippen LogP contribution in [0.15, 0.2) is 24.3 Å². The summed E-state index contributed by atoms with van der Waals surface area (Å²) in [6.45, 7) is 0. The van der Waals surface area contributed by atoms with E-state index in [1.54, 1.807) is 0 Å². The van der Waals surface area contributed by atoms with Crippen LogP contribution < -0.4 is 0 Å². The van der Waals surface area contributed by atoms with Crippen molar-refractivity contribution >= 4 is 5.78 Å². The maximum atomic E-state index is 11.9. The van der Waals surface area contributed by atoms with Gasteiger partial charge in [-0.2, -0.15) is 0 Å². The summed E-state index contributed by atoms with van der Waals surface area (Å²) in [6.07, 6.45) is 8.47. The quantitative estimate of drug-likeness (QED) is 0.640. The van der Waals surface area contributed by atoms with E-state index in [1.165, 1.54) is 37.7 Å². The summed E-state index contributed by atoms with van der Waals surface area (Å²) in [6, 6.07) is 8.30. The molecule has 1 saturated carbocycles. The van der Waals surface area contributed by atoms with E-state index in [4.69, 9.17) is 0 Å². The van der Waals surface area contributed by atoms with E-state index in [1.807, 2.05) is 12.1 Å². The minimum absolute atomic E-state index is 0.350. The highest BCUT2D eigenvalue weighted by Gasteiger charge is 2.39. The van der Waals surface area contributed by atoms with Crippen molar-refractivity contribution in [3.8, 4) is 0 Å². The molecule has 0 radical (unpaired) electrons. The predicted octanol–water partition coefficient (Wildman–Crippen LogP) is 3.87. The number of hydrogen-bond donors (Lipinski definition) is 0. The molecule has 0 aliphatic heterocycles. The van der Waals surface area contributed by atoms with Gasteiger partial charge in [0.2, 0.25) is 0 Å². The Morgan fingerprint density at radius 2 is 1.69 bits per heavy atom. The van der Waals surface area contributed by atoms with Gasteiger partial charge < -0.3 is 0 Å². The molecule has 0 N–H and O–H groups in total.